The Kier molecular flexibility index (Phi) is 4.66. The highest BCUT2D eigenvalue weighted by Crippen LogP contribution is 2.29. The van der Waals surface area contributed by atoms with Gasteiger partial charge in [0.1, 0.15) is 0 Å². The van der Waals surface area contributed by atoms with Crippen LogP contribution in [0.25, 0.3) is 0 Å². The lowest BCUT2D eigenvalue weighted by Gasteiger charge is -2.35. The van der Waals surface area contributed by atoms with Crippen LogP contribution in [0.15, 0.2) is 0 Å². The van der Waals surface area contributed by atoms with Gasteiger partial charge in [-0.2, -0.15) is 0 Å². The van der Waals surface area contributed by atoms with Crippen molar-refractivity contribution in [2.24, 2.45) is 5.92 Å². The number of nitrogens with one attached hydrogen (secondary N) is 1. The van der Waals surface area contributed by atoms with Gasteiger partial charge in [-0.05, 0) is 65.1 Å². The molecule has 0 bridgehead atoms. The minimum atomic E-state index is 0.752. The standard InChI is InChI=1S/C14H28N2/c1-12(13-6-5-7-13)15-10-9-14-8-3-4-11-16(14)2/h12-15H,3-11H2,1-2H3. The van der Waals surface area contributed by atoms with E-state index in [9.17, 15) is 0 Å². The van der Waals surface area contributed by atoms with Crippen molar-refractivity contribution in [3.8, 4) is 0 Å². The summed E-state index contributed by atoms with van der Waals surface area (Å²) >= 11 is 0. The molecule has 1 heterocycles. The first kappa shape index (κ1) is 12.4. The molecule has 1 saturated heterocycles. The smallest absolute Gasteiger partial charge is 0.0104 e. The van der Waals surface area contributed by atoms with Crippen LogP contribution in [0.2, 0.25) is 0 Å². The lowest BCUT2D eigenvalue weighted by Crippen LogP contribution is -2.42. The fraction of sp³-hybridized carbons (Fsp3) is 1.00. The largest absolute Gasteiger partial charge is 0.314 e. The van der Waals surface area contributed by atoms with Crippen molar-refractivity contribution in [2.75, 3.05) is 20.1 Å². The Balaban J connectivity index is 1.59. The van der Waals surface area contributed by atoms with Crippen LogP contribution in [0.1, 0.15) is 51.9 Å². The predicted molar refractivity (Wildman–Crippen MR) is 69.7 cm³/mol. The van der Waals surface area contributed by atoms with Gasteiger partial charge in [-0.15, -0.1) is 0 Å². The second-order valence-corrected chi connectivity index (χ2v) is 5.85. The second kappa shape index (κ2) is 6.02. The van der Waals surface area contributed by atoms with Gasteiger partial charge in [-0.3, -0.25) is 0 Å². The van der Waals surface area contributed by atoms with Crippen LogP contribution >= 0.6 is 0 Å². The molecule has 0 spiro atoms. The maximum atomic E-state index is 3.73. The van der Waals surface area contributed by atoms with Gasteiger partial charge in [0.2, 0.25) is 0 Å². The van der Waals surface area contributed by atoms with Crippen molar-refractivity contribution in [3.05, 3.63) is 0 Å². The first-order valence-electron chi connectivity index (χ1n) is 7.21. The Morgan fingerprint density at radius 2 is 2.00 bits per heavy atom. The number of hydrogen-bond acceptors (Lipinski definition) is 2. The summed E-state index contributed by atoms with van der Waals surface area (Å²) in [5.74, 6) is 0.976. The highest BCUT2D eigenvalue weighted by molar-refractivity contribution is 4.81. The molecule has 0 amide bonds. The average molecular weight is 224 g/mol. The van der Waals surface area contributed by atoms with Crippen molar-refractivity contribution in [3.63, 3.8) is 0 Å². The van der Waals surface area contributed by atoms with Crippen LogP contribution in [0.3, 0.4) is 0 Å². The van der Waals surface area contributed by atoms with Crippen molar-refractivity contribution >= 4 is 0 Å². The highest BCUT2D eigenvalue weighted by atomic mass is 15.1. The van der Waals surface area contributed by atoms with Crippen LogP contribution in [0.5, 0.6) is 0 Å². The zero-order chi connectivity index (χ0) is 11.4. The van der Waals surface area contributed by atoms with Crippen LogP contribution in [-0.2, 0) is 0 Å². The fourth-order valence-corrected chi connectivity index (χ4v) is 3.09. The molecule has 0 aromatic carbocycles. The lowest BCUT2D eigenvalue weighted by molar-refractivity contribution is 0.169. The van der Waals surface area contributed by atoms with Gasteiger partial charge in [0.15, 0.2) is 0 Å². The quantitative estimate of drug-likeness (QED) is 0.772. The van der Waals surface area contributed by atoms with Crippen molar-refractivity contribution in [1.29, 1.82) is 0 Å². The molecule has 0 aromatic heterocycles. The molecule has 1 N–H and O–H groups in total. The first-order chi connectivity index (χ1) is 7.77. The first-order valence-corrected chi connectivity index (χ1v) is 7.21. The summed E-state index contributed by atoms with van der Waals surface area (Å²) in [5, 5.41) is 3.73. The third-order valence-electron chi connectivity index (χ3n) is 4.72. The predicted octanol–water partition coefficient (Wildman–Crippen LogP) is 2.64. The fourth-order valence-electron chi connectivity index (χ4n) is 3.09. The molecule has 2 unspecified atom stereocenters. The van der Waals surface area contributed by atoms with Crippen LogP contribution < -0.4 is 5.32 Å². The molecule has 1 aliphatic carbocycles. The summed E-state index contributed by atoms with van der Waals surface area (Å²) in [6.45, 7) is 4.89. The Morgan fingerprint density at radius 1 is 1.19 bits per heavy atom. The van der Waals surface area contributed by atoms with E-state index in [1.807, 2.05) is 0 Å². The molecule has 1 saturated carbocycles. The molecule has 2 rings (SSSR count). The van der Waals surface area contributed by atoms with Crippen LogP contribution in [-0.4, -0.2) is 37.1 Å². The summed E-state index contributed by atoms with van der Waals surface area (Å²) in [5.41, 5.74) is 0. The van der Waals surface area contributed by atoms with Gasteiger partial charge in [0.05, 0.1) is 0 Å². The summed E-state index contributed by atoms with van der Waals surface area (Å²) < 4.78 is 0. The summed E-state index contributed by atoms with van der Waals surface area (Å²) in [6.07, 6.45) is 9.96. The Labute approximate surface area is 101 Å². The number of nitrogens with zero attached hydrogens (tertiary/aromatic N) is 1. The van der Waals surface area contributed by atoms with E-state index in [0.717, 1.165) is 18.0 Å². The summed E-state index contributed by atoms with van der Waals surface area (Å²) in [6, 6.07) is 1.59. The van der Waals surface area contributed by atoms with Gasteiger partial charge >= 0.3 is 0 Å². The molecule has 0 aromatic rings. The normalized spacial score (nSPS) is 30.0. The van der Waals surface area contributed by atoms with Gasteiger partial charge < -0.3 is 10.2 Å². The van der Waals surface area contributed by atoms with Crippen molar-refractivity contribution in [2.45, 2.75) is 64.0 Å². The van der Waals surface area contributed by atoms with Gasteiger partial charge in [0.25, 0.3) is 0 Å². The van der Waals surface area contributed by atoms with Gasteiger partial charge in [-0.25, -0.2) is 0 Å². The highest BCUT2D eigenvalue weighted by Gasteiger charge is 2.24. The summed E-state index contributed by atoms with van der Waals surface area (Å²) in [4.78, 5) is 2.55. The van der Waals surface area contributed by atoms with E-state index >= 15 is 0 Å². The molecule has 2 aliphatic rings. The zero-order valence-electron chi connectivity index (χ0n) is 11.0. The molecule has 2 atom stereocenters. The van der Waals surface area contributed by atoms with E-state index in [2.05, 4.69) is 24.2 Å². The van der Waals surface area contributed by atoms with E-state index < -0.39 is 0 Å². The Bertz CT molecular complexity index is 201. The SMILES string of the molecule is CC(NCCC1CCCCN1C)C1CCC1. The molecular formula is C14H28N2. The minimum absolute atomic E-state index is 0.752. The third-order valence-corrected chi connectivity index (χ3v) is 4.72. The third kappa shape index (κ3) is 3.21. The molecule has 2 nitrogen and oxygen atoms in total. The van der Waals surface area contributed by atoms with Crippen molar-refractivity contribution < 1.29 is 0 Å². The van der Waals surface area contributed by atoms with Crippen LogP contribution in [0, 0.1) is 5.92 Å². The van der Waals surface area contributed by atoms with E-state index in [1.165, 1.54) is 58.0 Å². The lowest BCUT2D eigenvalue weighted by atomic mass is 9.80. The maximum Gasteiger partial charge on any atom is 0.0104 e. The van der Waals surface area contributed by atoms with E-state index in [-0.39, 0.29) is 0 Å². The number of rotatable bonds is 5. The maximum absolute atomic E-state index is 3.73. The monoisotopic (exact) mass is 224 g/mol. The molecule has 0 radical (unpaired) electrons. The molecule has 1 aliphatic heterocycles. The molecule has 16 heavy (non-hydrogen) atoms. The minimum Gasteiger partial charge on any atom is -0.314 e. The molecular weight excluding hydrogens is 196 g/mol. The van der Waals surface area contributed by atoms with Crippen molar-refractivity contribution in [1.82, 2.24) is 10.2 Å². The molecule has 2 heteroatoms. The van der Waals surface area contributed by atoms with E-state index in [1.54, 1.807) is 0 Å². The second-order valence-electron chi connectivity index (χ2n) is 5.85. The molecule has 94 valence electrons. The van der Waals surface area contributed by atoms with E-state index in [0.29, 0.717) is 0 Å². The Hall–Kier alpha value is -0.0800. The number of likely N-dealkylation sites (tertiary alicyclic amines) is 1. The number of hydrogen-bond donors (Lipinski definition) is 1. The average Bonchev–Trinajstić information content (AvgIpc) is 2.18. The van der Waals surface area contributed by atoms with Gasteiger partial charge in [0, 0.05) is 12.1 Å². The van der Waals surface area contributed by atoms with Crippen LogP contribution in [0.4, 0.5) is 0 Å². The summed E-state index contributed by atoms with van der Waals surface area (Å²) in [7, 11) is 2.29. The van der Waals surface area contributed by atoms with E-state index in [4.69, 9.17) is 0 Å². The van der Waals surface area contributed by atoms with Gasteiger partial charge in [-0.1, -0.05) is 12.8 Å². The number of piperidine rings is 1. The molecule has 2 fully saturated rings. The Morgan fingerprint density at radius 3 is 2.62 bits per heavy atom. The zero-order valence-corrected chi connectivity index (χ0v) is 11.0. The topological polar surface area (TPSA) is 15.3 Å².